The maximum atomic E-state index is 13.5. The minimum atomic E-state index is -0.509. The Morgan fingerprint density at radius 2 is 1.86 bits per heavy atom. The Hall–Kier alpha value is -4.70. The zero-order chi connectivity index (χ0) is 25.4. The van der Waals surface area contributed by atoms with E-state index in [0.29, 0.717) is 33.3 Å². The molecule has 0 unspecified atom stereocenters. The number of nitro groups is 1. The number of hydrogen-bond donors (Lipinski definition) is 1. The second-order valence-corrected chi connectivity index (χ2v) is 8.69. The highest BCUT2D eigenvalue weighted by molar-refractivity contribution is 7.13. The van der Waals surface area contributed by atoms with Crippen molar-refractivity contribution in [1.82, 2.24) is 9.38 Å². The fourth-order valence-corrected chi connectivity index (χ4v) is 4.97. The van der Waals surface area contributed by atoms with Crippen molar-refractivity contribution in [2.45, 2.75) is 0 Å². The van der Waals surface area contributed by atoms with E-state index >= 15 is 0 Å². The summed E-state index contributed by atoms with van der Waals surface area (Å²) >= 11 is 1.40. The number of carbonyl (C=O) groups excluding carboxylic acids is 1. The van der Waals surface area contributed by atoms with E-state index in [2.05, 4.69) is 0 Å². The highest BCUT2D eigenvalue weighted by Gasteiger charge is 2.25. The number of methoxy groups -OCH3 is 2. The molecular formula is C26H20N4O5S. The second kappa shape index (κ2) is 9.16. The predicted molar refractivity (Wildman–Crippen MR) is 138 cm³/mol. The number of non-ortho nitro benzene ring substituents is 1. The molecule has 9 nitrogen and oxygen atoms in total. The van der Waals surface area contributed by atoms with Crippen LogP contribution in [0.3, 0.4) is 0 Å². The number of ether oxygens (including phenoxy) is 2. The smallest absolute Gasteiger partial charge is 0.269 e. The zero-order valence-electron chi connectivity index (χ0n) is 19.3. The van der Waals surface area contributed by atoms with Gasteiger partial charge in [0.05, 0.1) is 41.6 Å². The molecule has 0 atom stereocenters. The largest absolute Gasteiger partial charge is 0.497 e. The number of fused-ring (bicyclic) bond motifs is 1. The molecule has 0 saturated heterocycles. The number of carbonyl (C=O) groups is 1. The Bertz CT molecular complexity index is 1620. The maximum absolute atomic E-state index is 13.5. The molecule has 0 saturated carbocycles. The quantitative estimate of drug-likeness (QED) is 0.179. The highest BCUT2D eigenvalue weighted by Crippen LogP contribution is 2.41. The van der Waals surface area contributed by atoms with Crippen molar-refractivity contribution in [3.05, 3.63) is 93.6 Å². The van der Waals surface area contributed by atoms with Gasteiger partial charge in [0, 0.05) is 34.8 Å². The van der Waals surface area contributed by atoms with E-state index < -0.39 is 4.92 Å². The summed E-state index contributed by atoms with van der Waals surface area (Å²) in [7, 11) is 3.18. The van der Waals surface area contributed by atoms with Crippen LogP contribution >= 0.6 is 11.3 Å². The number of nitrogens with zero attached hydrogens (tertiary/aromatic N) is 3. The van der Waals surface area contributed by atoms with Gasteiger partial charge in [0.15, 0.2) is 0 Å². The number of thiazole rings is 1. The Morgan fingerprint density at radius 3 is 2.56 bits per heavy atom. The summed E-state index contributed by atoms with van der Waals surface area (Å²) in [5.74, 6) is 0.975. The Balaban J connectivity index is 1.63. The minimum absolute atomic E-state index is 0.0940. The summed E-state index contributed by atoms with van der Waals surface area (Å²) in [5.41, 5.74) is 10.1. The lowest BCUT2D eigenvalue weighted by molar-refractivity contribution is -0.384. The van der Waals surface area contributed by atoms with Crippen LogP contribution in [0.2, 0.25) is 0 Å². The summed E-state index contributed by atoms with van der Waals surface area (Å²) in [4.78, 5) is 28.8. The Kier molecular flexibility index (Phi) is 5.87. The van der Waals surface area contributed by atoms with Crippen LogP contribution in [0.5, 0.6) is 11.5 Å². The molecule has 5 rings (SSSR count). The number of benzene rings is 2. The van der Waals surface area contributed by atoms with Gasteiger partial charge in [0.1, 0.15) is 22.2 Å². The number of nitro benzene ring substituents is 1. The third kappa shape index (κ3) is 3.83. The summed E-state index contributed by atoms with van der Waals surface area (Å²) in [6.45, 7) is 0. The van der Waals surface area contributed by atoms with E-state index in [1.807, 2.05) is 35.7 Å². The van der Waals surface area contributed by atoms with Crippen molar-refractivity contribution >= 4 is 34.0 Å². The number of nitrogen functional groups attached to an aromatic ring is 1. The molecule has 0 aliphatic heterocycles. The first-order chi connectivity index (χ1) is 17.4. The Morgan fingerprint density at radius 1 is 1.08 bits per heavy atom. The molecule has 10 heteroatoms. The summed E-state index contributed by atoms with van der Waals surface area (Å²) in [6, 6.07) is 16.5. The summed E-state index contributed by atoms with van der Waals surface area (Å²) in [6.07, 6.45) is 1.76. The van der Waals surface area contributed by atoms with E-state index in [9.17, 15) is 14.9 Å². The van der Waals surface area contributed by atoms with Gasteiger partial charge in [-0.1, -0.05) is 6.07 Å². The monoisotopic (exact) mass is 500 g/mol. The van der Waals surface area contributed by atoms with Crippen molar-refractivity contribution < 1.29 is 19.2 Å². The fourth-order valence-electron chi connectivity index (χ4n) is 4.08. The van der Waals surface area contributed by atoms with Gasteiger partial charge in [0.2, 0.25) is 5.78 Å². The number of pyridine rings is 1. The van der Waals surface area contributed by atoms with E-state index in [-0.39, 0.29) is 22.9 Å². The van der Waals surface area contributed by atoms with Gasteiger partial charge in [0.25, 0.3) is 5.69 Å². The van der Waals surface area contributed by atoms with Gasteiger partial charge in [-0.15, -0.1) is 11.3 Å². The SMILES string of the molecule is COc1ccc(OC)c(-c2csc(-c3c(N)c(C(=O)c4ccc([N+](=O)[O-])cc4)n4ccccc34)n2)c1. The molecule has 3 heterocycles. The van der Waals surface area contributed by atoms with Gasteiger partial charge < -0.3 is 19.6 Å². The van der Waals surface area contributed by atoms with Crippen molar-refractivity contribution in [3.63, 3.8) is 0 Å². The lowest BCUT2D eigenvalue weighted by Gasteiger charge is -2.08. The molecule has 0 amide bonds. The molecule has 36 heavy (non-hydrogen) atoms. The highest BCUT2D eigenvalue weighted by atomic mass is 32.1. The van der Waals surface area contributed by atoms with Gasteiger partial charge >= 0.3 is 0 Å². The van der Waals surface area contributed by atoms with E-state index in [4.69, 9.17) is 20.2 Å². The van der Waals surface area contributed by atoms with Crippen molar-refractivity contribution in [2.75, 3.05) is 20.0 Å². The van der Waals surface area contributed by atoms with Crippen LogP contribution in [-0.2, 0) is 0 Å². The summed E-state index contributed by atoms with van der Waals surface area (Å²) < 4.78 is 12.6. The van der Waals surface area contributed by atoms with Gasteiger partial charge in [-0.05, 0) is 42.5 Å². The molecule has 0 bridgehead atoms. The average Bonchev–Trinajstić information content (AvgIpc) is 3.49. The maximum Gasteiger partial charge on any atom is 0.269 e. The third-order valence-corrected chi connectivity index (χ3v) is 6.70. The summed E-state index contributed by atoms with van der Waals surface area (Å²) in [5, 5.41) is 13.5. The van der Waals surface area contributed by atoms with Crippen molar-refractivity contribution in [1.29, 1.82) is 0 Å². The molecule has 2 aromatic carbocycles. The first-order valence-electron chi connectivity index (χ1n) is 10.8. The molecule has 0 fully saturated rings. The molecule has 0 radical (unpaired) electrons. The first-order valence-corrected chi connectivity index (χ1v) is 11.7. The molecule has 0 aliphatic rings. The van der Waals surface area contributed by atoms with Crippen LogP contribution in [0.25, 0.3) is 27.3 Å². The van der Waals surface area contributed by atoms with Crippen LogP contribution in [-0.4, -0.2) is 34.3 Å². The normalized spacial score (nSPS) is 10.9. The fraction of sp³-hybridized carbons (Fsp3) is 0.0769. The van der Waals surface area contributed by atoms with Crippen LogP contribution in [0.4, 0.5) is 11.4 Å². The number of aromatic nitrogens is 2. The number of nitrogens with two attached hydrogens (primary N) is 1. The average molecular weight is 501 g/mol. The number of rotatable bonds is 7. The van der Waals surface area contributed by atoms with Gasteiger partial charge in [-0.25, -0.2) is 4.98 Å². The van der Waals surface area contributed by atoms with Gasteiger partial charge in [-0.2, -0.15) is 0 Å². The Labute approximate surface area is 209 Å². The lowest BCUT2D eigenvalue weighted by atomic mass is 10.1. The second-order valence-electron chi connectivity index (χ2n) is 7.83. The number of hydrogen-bond acceptors (Lipinski definition) is 8. The van der Waals surface area contributed by atoms with Gasteiger partial charge in [-0.3, -0.25) is 14.9 Å². The van der Waals surface area contributed by atoms with E-state index in [1.54, 1.807) is 30.9 Å². The van der Waals surface area contributed by atoms with Crippen molar-refractivity contribution in [3.8, 4) is 33.3 Å². The van der Waals surface area contributed by atoms with Crippen LogP contribution in [0.1, 0.15) is 16.1 Å². The molecule has 2 N–H and O–H groups in total. The van der Waals surface area contributed by atoms with Crippen LogP contribution in [0, 0.1) is 10.1 Å². The molecule has 0 aliphatic carbocycles. The topological polar surface area (TPSA) is 122 Å². The predicted octanol–water partition coefficient (Wildman–Crippen LogP) is 5.47. The standard InChI is InChI=1S/C26H20N4O5S/c1-34-17-10-11-21(35-2)18(13-17)19-14-36-26(28-19)22-20-5-3-4-12-29(20)24(23(22)27)25(31)15-6-8-16(9-7-15)30(32)33/h3-14H,27H2,1-2H3. The molecule has 5 aromatic rings. The molecule has 0 spiro atoms. The lowest BCUT2D eigenvalue weighted by Crippen LogP contribution is -2.08. The van der Waals surface area contributed by atoms with Crippen LogP contribution in [0.15, 0.2) is 72.2 Å². The first kappa shape index (κ1) is 23.1. The zero-order valence-corrected chi connectivity index (χ0v) is 20.1. The van der Waals surface area contributed by atoms with Crippen LogP contribution < -0.4 is 15.2 Å². The number of anilines is 1. The molecule has 3 aromatic heterocycles. The van der Waals surface area contributed by atoms with Crippen molar-refractivity contribution in [2.24, 2.45) is 0 Å². The number of ketones is 1. The van der Waals surface area contributed by atoms with E-state index in [1.165, 1.54) is 35.6 Å². The third-order valence-electron chi connectivity index (χ3n) is 5.84. The van der Waals surface area contributed by atoms with E-state index in [0.717, 1.165) is 11.1 Å². The molecular weight excluding hydrogens is 480 g/mol. The molecule has 180 valence electrons. The minimum Gasteiger partial charge on any atom is -0.497 e.